The molecule has 2 heterocycles. The van der Waals surface area contributed by atoms with Crippen molar-refractivity contribution in [3.63, 3.8) is 0 Å². The number of halogens is 2. The molecule has 5 N–H and O–H groups in total. The van der Waals surface area contributed by atoms with Crippen LogP contribution in [0, 0.1) is 18.2 Å². The molecule has 0 radical (unpaired) electrons. The molecule has 0 saturated heterocycles. The lowest BCUT2D eigenvalue weighted by Crippen LogP contribution is -2.15. The predicted octanol–water partition coefficient (Wildman–Crippen LogP) is 4.10. The molecule has 4 aromatic rings. The zero-order valence-corrected chi connectivity index (χ0v) is 18.8. The quantitative estimate of drug-likeness (QED) is 0.100. The fourth-order valence-electron chi connectivity index (χ4n) is 2.85. The second kappa shape index (κ2) is 12.9. The summed E-state index contributed by atoms with van der Waals surface area (Å²) in [5.41, 5.74) is 6.89. The Labute approximate surface area is 205 Å². The van der Waals surface area contributed by atoms with Crippen LogP contribution in [0.15, 0.2) is 78.7 Å². The minimum Gasteiger partial charge on any atom is -0.409 e. The number of hydrogen-bond donors (Lipinski definition) is 4. The van der Waals surface area contributed by atoms with Gasteiger partial charge in [0.2, 0.25) is 5.69 Å². The molecular formula is C24H21F2N9O. The number of anilines is 2. The Morgan fingerprint density at radius 3 is 1.89 bits per heavy atom. The molecule has 0 aliphatic heterocycles. The second-order valence-electron chi connectivity index (χ2n) is 7.09. The van der Waals surface area contributed by atoms with Crippen molar-refractivity contribution in [3.8, 4) is 0 Å². The van der Waals surface area contributed by atoms with Crippen LogP contribution in [0.3, 0.4) is 0 Å². The van der Waals surface area contributed by atoms with Crippen LogP contribution >= 0.6 is 0 Å². The van der Waals surface area contributed by atoms with E-state index in [2.05, 4.69) is 40.6 Å². The Balaban J connectivity index is 0.000000202. The number of nitrogens with one attached hydrogen (secondary N) is 2. The third kappa shape index (κ3) is 7.42. The minimum absolute atomic E-state index is 0.0354. The summed E-state index contributed by atoms with van der Waals surface area (Å²) in [5, 5.41) is 17.3. The molecule has 36 heavy (non-hydrogen) atoms. The van der Waals surface area contributed by atoms with E-state index in [9.17, 15) is 8.78 Å². The van der Waals surface area contributed by atoms with Gasteiger partial charge in [-0.15, -0.1) is 0 Å². The van der Waals surface area contributed by atoms with Crippen molar-refractivity contribution < 1.29 is 14.0 Å². The number of nitrogens with two attached hydrogens (primary N) is 1. The summed E-state index contributed by atoms with van der Waals surface area (Å²) in [6.07, 6.45) is 9.44. The minimum atomic E-state index is -0.547. The van der Waals surface area contributed by atoms with Crippen molar-refractivity contribution >= 4 is 23.2 Å². The van der Waals surface area contributed by atoms with Gasteiger partial charge in [0.15, 0.2) is 5.84 Å². The molecule has 0 spiro atoms. The van der Waals surface area contributed by atoms with Gasteiger partial charge in [-0.2, -0.15) is 0 Å². The molecule has 2 aromatic heterocycles. The molecule has 4 rings (SSSR count). The van der Waals surface area contributed by atoms with Crippen LogP contribution in [0.4, 0.5) is 26.1 Å². The van der Waals surface area contributed by atoms with Crippen molar-refractivity contribution in [2.75, 3.05) is 10.6 Å². The normalized spacial score (nSPS) is 10.5. The van der Waals surface area contributed by atoms with E-state index in [1.165, 1.54) is 24.3 Å². The first-order chi connectivity index (χ1) is 17.5. The van der Waals surface area contributed by atoms with Crippen molar-refractivity contribution in [2.45, 2.75) is 13.1 Å². The summed E-state index contributed by atoms with van der Waals surface area (Å²) in [6.45, 7) is 7.58. The summed E-state index contributed by atoms with van der Waals surface area (Å²) < 4.78 is 27.0. The Kier molecular flexibility index (Phi) is 9.12. The van der Waals surface area contributed by atoms with Crippen LogP contribution in [0.5, 0.6) is 0 Å². The number of aromatic nitrogens is 4. The van der Waals surface area contributed by atoms with E-state index in [-0.39, 0.29) is 17.1 Å². The maximum absolute atomic E-state index is 13.7. The molecule has 0 atom stereocenters. The van der Waals surface area contributed by atoms with Gasteiger partial charge in [-0.25, -0.2) is 23.6 Å². The number of amidine groups is 1. The van der Waals surface area contributed by atoms with Crippen LogP contribution in [-0.4, -0.2) is 31.0 Å². The standard InChI is InChI=1S/C12H12FN5O.C12H9FN4/c13-10-5-8(1-2-9(10)12(14)18-19)6-17-11-7-15-3-4-16-11;1-14-11-3-2-9(6-10(11)13)7-17-12-8-15-4-5-16-12/h1-5,7,19H,6H2,(H2,14,18)(H,16,17);2-6,8H,7H2,(H,16,17). The second-order valence-corrected chi connectivity index (χ2v) is 7.09. The van der Waals surface area contributed by atoms with Crippen LogP contribution in [0.1, 0.15) is 16.7 Å². The molecule has 0 fully saturated rings. The van der Waals surface area contributed by atoms with E-state index in [1.54, 1.807) is 49.3 Å². The van der Waals surface area contributed by atoms with E-state index in [0.717, 1.165) is 5.56 Å². The predicted molar refractivity (Wildman–Crippen MR) is 130 cm³/mol. The summed E-state index contributed by atoms with van der Waals surface area (Å²) in [7, 11) is 0. The van der Waals surface area contributed by atoms with Gasteiger partial charge in [0.1, 0.15) is 23.3 Å². The molecule has 182 valence electrons. The van der Waals surface area contributed by atoms with Crippen molar-refractivity contribution in [2.24, 2.45) is 10.9 Å². The van der Waals surface area contributed by atoms with E-state index in [0.29, 0.717) is 30.3 Å². The summed E-state index contributed by atoms with van der Waals surface area (Å²) in [4.78, 5) is 18.9. The summed E-state index contributed by atoms with van der Waals surface area (Å²) >= 11 is 0. The molecule has 0 unspecified atom stereocenters. The fraction of sp³-hybridized carbons (Fsp3) is 0.0833. The SMILES string of the molecule is NC(=NO)c1ccc(CNc2cnccn2)cc1F.[C-]#[N+]c1ccc(CNc2cnccn2)cc1F. The lowest BCUT2D eigenvalue weighted by molar-refractivity contribution is 0.318. The number of hydrogen-bond acceptors (Lipinski definition) is 8. The lowest BCUT2D eigenvalue weighted by Gasteiger charge is -2.07. The summed E-state index contributed by atoms with van der Waals surface area (Å²) in [6, 6.07) is 8.97. The highest BCUT2D eigenvalue weighted by Gasteiger charge is 2.08. The first kappa shape index (κ1) is 25.4. The lowest BCUT2D eigenvalue weighted by atomic mass is 10.1. The van der Waals surface area contributed by atoms with Crippen molar-refractivity contribution in [3.05, 3.63) is 113 Å². The molecule has 0 aliphatic carbocycles. The first-order valence-corrected chi connectivity index (χ1v) is 10.4. The van der Waals surface area contributed by atoms with Crippen molar-refractivity contribution in [1.29, 1.82) is 0 Å². The van der Waals surface area contributed by atoms with Crippen LogP contribution in [-0.2, 0) is 13.1 Å². The molecule has 0 amide bonds. The van der Waals surface area contributed by atoms with Gasteiger partial charge in [-0.1, -0.05) is 23.4 Å². The van der Waals surface area contributed by atoms with Crippen LogP contribution in [0.2, 0.25) is 0 Å². The van der Waals surface area contributed by atoms with E-state index in [4.69, 9.17) is 17.5 Å². The van der Waals surface area contributed by atoms with Crippen LogP contribution in [0.25, 0.3) is 4.85 Å². The molecule has 12 heteroatoms. The Hall–Kier alpha value is -5.18. The molecular weight excluding hydrogens is 468 g/mol. The van der Waals surface area contributed by atoms with Gasteiger partial charge in [-0.3, -0.25) is 9.97 Å². The van der Waals surface area contributed by atoms with Crippen molar-refractivity contribution in [1.82, 2.24) is 19.9 Å². The Bertz CT molecular complexity index is 1350. The molecule has 0 bridgehead atoms. The largest absolute Gasteiger partial charge is 0.409 e. The fourth-order valence-corrected chi connectivity index (χ4v) is 2.85. The van der Waals surface area contributed by atoms with Crippen LogP contribution < -0.4 is 16.4 Å². The molecule has 0 saturated carbocycles. The highest BCUT2D eigenvalue weighted by atomic mass is 19.1. The summed E-state index contributed by atoms with van der Waals surface area (Å²) in [5.74, 6) is -0.0799. The maximum atomic E-state index is 13.7. The van der Waals surface area contributed by atoms with Gasteiger partial charge >= 0.3 is 0 Å². The zero-order chi connectivity index (χ0) is 25.8. The zero-order valence-electron chi connectivity index (χ0n) is 18.8. The Morgan fingerprint density at radius 2 is 1.44 bits per heavy atom. The maximum Gasteiger partial charge on any atom is 0.222 e. The van der Waals surface area contributed by atoms with E-state index < -0.39 is 11.6 Å². The average molecular weight is 489 g/mol. The van der Waals surface area contributed by atoms with Gasteiger partial charge in [-0.05, 0) is 29.3 Å². The molecule has 0 aliphatic rings. The van der Waals surface area contributed by atoms with E-state index >= 15 is 0 Å². The molecule has 10 nitrogen and oxygen atoms in total. The van der Waals surface area contributed by atoms with Gasteiger partial charge < -0.3 is 21.6 Å². The number of nitrogens with zero attached hydrogens (tertiary/aromatic N) is 6. The highest BCUT2D eigenvalue weighted by molar-refractivity contribution is 5.97. The number of rotatable bonds is 7. The highest BCUT2D eigenvalue weighted by Crippen LogP contribution is 2.19. The van der Waals surface area contributed by atoms with Gasteiger partial charge in [0, 0.05) is 37.9 Å². The third-order valence-corrected chi connectivity index (χ3v) is 4.62. The monoisotopic (exact) mass is 489 g/mol. The molecule has 2 aromatic carbocycles. The van der Waals surface area contributed by atoms with Gasteiger partial charge in [0.05, 0.1) is 24.5 Å². The number of oxime groups is 1. The number of benzene rings is 2. The first-order valence-electron chi connectivity index (χ1n) is 10.4. The average Bonchev–Trinajstić information content (AvgIpc) is 2.92. The smallest absolute Gasteiger partial charge is 0.222 e. The van der Waals surface area contributed by atoms with E-state index in [1.807, 2.05) is 0 Å². The van der Waals surface area contributed by atoms with Gasteiger partial charge in [0.25, 0.3) is 0 Å². The topological polar surface area (TPSA) is 139 Å². The Morgan fingerprint density at radius 1 is 0.889 bits per heavy atom. The third-order valence-electron chi connectivity index (χ3n) is 4.62.